The molecule has 7 heteroatoms. The van der Waals surface area contributed by atoms with Gasteiger partial charge in [-0.05, 0) is 60.0 Å². The predicted octanol–water partition coefficient (Wildman–Crippen LogP) is 3.20. The summed E-state index contributed by atoms with van der Waals surface area (Å²) in [5, 5.41) is 12.5. The van der Waals surface area contributed by atoms with Crippen molar-refractivity contribution in [1.29, 1.82) is 0 Å². The molecule has 3 aromatic rings. The highest BCUT2D eigenvalue weighted by Gasteiger charge is 2.28. The summed E-state index contributed by atoms with van der Waals surface area (Å²) in [5.41, 5.74) is 4.09. The Morgan fingerprint density at radius 1 is 1.07 bits per heavy atom. The van der Waals surface area contributed by atoms with E-state index in [2.05, 4.69) is 64.3 Å². The van der Waals surface area contributed by atoms with E-state index in [1.54, 1.807) is 6.26 Å². The van der Waals surface area contributed by atoms with Gasteiger partial charge < -0.3 is 9.32 Å². The molecule has 0 N–H and O–H groups in total. The molecule has 1 aliphatic heterocycles. The van der Waals surface area contributed by atoms with E-state index in [4.69, 9.17) is 4.42 Å². The highest BCUT2D eigenvalue weighted by molar-refractivity contribution is 5.56. The lowest BCUT2D eigenvalue weighted by atomic mass is 10.1. The average Bonchev–Trinajstić information content (AvgIpc) is 3.38. The maximum absolute atomic E-state index is 5.47. The second kappa shape index (κ2) is 8.14. The van der Waals surface area contributed by atoms with Gasteiger partial charge >= 0.3 is 0 Å². The number of rotatable bonds is 6. The third-order valence-corrected chi connectivity index (χ3v) is 5.80. The Balaban J connectivity index is 1.46. The summed E-state index contributed by atoms with van der Waals surface area (Å²) in [5.74, 6) is 1.78. The van der Waals surface area contributed by atoms with Crippen molar-refractivity contribution in [2.45, 2.75) is 39.8 Å². The molecule has 3 heterocycles. The van der Waals surface area contributed by atoms with Crippen LogP contribution in [0.5, 0.6) is 0 Å². The number of aryl methyl sites for hydroxylation is 1. The molecule has 28 heavy (non-hydrogen) atoms. The number of furan rings is 1. The van der Waals surface area contributed by atoms with Crippen LogP contribution in [0.15, 0.2) is 41.0 Å². The summed E-state index contributed by atoms with van der Waals surface area (Å²) in [6, 6.07) is 10.6. The van der Waals surface area contributed by atoms with Gasteiger partial charge in [-0.15, -0.1) is 5.10 Å². The Kier molecular flexibility index (Phi) is 5.43. The van der Waals surface area contributed by atoms with Crippen molar-refractivity contribution in [3.05, 3.63) is 59.3 Å². The number of tetrazole rings is 1. The van der Waals surface area contributed by atoms with E-state index in [0.29, 0.717) is 6.54 Å². The topological polar surface area (TPSA) is 63.2 Å². The Labute approximate surface area is 165 Å². The standard InChI is InChI=1S/C21H28N6O/c1-4-19(21-22-23-24-27(21)15-18-8-6-14-28-18)25-10-12-26(13-11-25)20-9-5-7-16(2)17(20)3/h5-9,14,19H,4,10-13,15H2,1-3H3/t19-/m1/s1. The number of hydrogen-bond acceptors (Lipinski definition) is 6. The van der Waals surface area contributed by atoms with Crippen LogP contribution in [-0.2, 0) is 6.54 Å². The fourth-order valence-corrected chi connectivity index (χ4v) is 4.07. The highest BCUT2D eigenvalue weighted by atomic mass is 16.3. The van der Waals surface area contributed by atoms with Crippen LogP contribution in [0.25, 0.3) is 0 Å². The first-order chi connectivity index (χ1) is 13.7. The molecule has 0 unspecified atom stereocenters. The first-order valence-electron chi connectivity index (χ1n) is 10.0. The van der Waals surface area contributed by atoms with Gasteiger partial charge in [0.15, 0.2) is 5.82 Å². The van der Waals surface area contributed by atoms with Crippen LogP contribution in [0.3, 0.4) is 0 Å². The van der Waals surface area contributed by atoms with E-state index in [0.717, 1.165) is 44.2 Å². The smallest absolute Gasteiger partial charge is 0.168 e. The maximum Gasteiger partial charge on any atom is 0.168 e. The molecule has 7 nitrogen and oxygen atoms in total. The van der Waals surface area contributed by atoms with Crippen molar-refractivity contribution < 1.29 is 4.42 Å². The second-order valence-electron chi connectivity index (χ2n) is 7.44. The number of hydrogen-bond donors (Lipinski definition) is 0. The van der Waals surface area contributed by atoms with Gasteiger partial charge in [0.2, 0.25) is 0 Å². The summed E-state index contributed by atoms with van der Waals surface area (Å²) >= 11 is 0. The monoisotopic (exact) mass is 380 g/mol. The fourth-order valence-electron chi connectivity index (χ4n) is 4.07. The van der Waals surface area contributed by atoms with Crippen molar-refractivity contribution in [3.63, 3.8) is 0 Å². The van der Waals surface area contributed by atoms with Crippen molar-refractivity contribution >= 4 is 5.69 Å². The minimum atomic E-state index is 0.214. The number of nitrogens with zero attached hydrogens (tertiary/aromatic N) is 6. The largest absolute Gasteiger partial charge is 0.467 e. The molecule has 0 amide bonds. The van der Waals surface area contributed by atoms with Gasteiger partial charge in [0.05, 0.1) is 12.3 Å². The van der Waals surface area contributed by atoms with Gasteiger partial charge in [0, 0.05) is 31.9 Å². The van der Waals surface area contributed by atoms with E-state index in [1.165, 1.54) is 16.8 Å². The van der Waals surface area contributed by atoms with Crippen LogP contribution in [0.2, 0.25) is 0 Å². The third-order valence-electron chi connectivity index (χ3n) is 5.80. The Bertz CT molecular complexity index is 896. The van der Waals surface area contributed by atoms with Gasteiger partial charge in [-0.25, -0.2) is 4.68 Å². The second-order valence-corrected chi connectivity index (χ2v) is 7.44. The molecule has 148 valence electrons. The van der Waals surface area contributed by atoms with Gasteiger partial charge in [-0.3, -0.25) is 4.90 Å². The van der Waals surface area contributed by atoms with Crippen molar-refractivity contribution in [3.8, 4) is 0 Å². The molecule has 0 radical (unpaired) electrons. The van der Waals surface area contributed by atoms with Crippen LogP contribution in [0.4, 0.5) is 5.69 Å². The molecule has 1 atom stereocenters. The highest BCUT2D eigenvalue weighted by Crippen LogP contribution is 2.28. The first kappa shape index (κ1) is 18.7. The molecule has 1 aromatic carbocycles. The van der Waals surface area contributed by atoms with Gasteiger partial charge in [-0.1, -0.05) is 19.1 Å². The Morgan fingerprint density at radius 3 is 2.61 bits per heavy atom. The minimum absolute atomic E-state index is 0.214. The average molecular weight is 380 g/mol. The zero-order valence-corrected chi connectivity index (χ0v) is 16.9. The molecule has 4 rings (SSSR count). The normalized spacial score (nSPS) is 16.5. The molecule has 0 spiro atoms. The van der Waals surface area contributed by atoms with Crippen LogP contribution in [-0.4, -0.2) is 51.3 Å². The van der Waals surface area contributed by atoms with E-state index < -0.39 is 0 Å². The lowest BCUT2D eigenvalue weighted by molar-refractivity contribution is 0.169. The fraction of sp³-hybridized carbons (Fsp3) is 0.476. The summed E-state index contributed by atoms with van der Waals surface area (Å²) in [6.07, 6.45) is 2.66. The van der Waals surface area contributed by atoms with E-state index >= 15 is 0 Å². The molecule has 0 bridgehead atoms. The minimum Gasteiger partial charge on any atom is -0.467 e. The van der Waals surface area contributed by atoms with Crippen LogP contribution in [0, 0.1) is 13.8 Å². The van der Waals surface area contributed by atoms with Gasteiger partial charge in [-0.2, -0.15) is 0 Å². The first-order valence-corrected chi connectivity index (χ1v) is 10.0. The van der Waals surface area contributed by atoms with Gasteiger partial charge in [0.1, 0.15) is 12.3 Å². The van der Waals surface area contributed by atoms with Crippen molar-refractivity contribution in [1.82, 2.24) is 25.1 Å². The quantitative estimate of drug-likeness (QED) is 0.654. The SMILES string of the molecule is CC[C@H](c1nnnn1Cc1ccco1)N1CCN(c2cccc(C)c2C)CC1. The third kappa shape index (κ3) is 3.67. The van der Waals surface area contributed by atoms with Crippen molar-refractivity contribution in [2.75, 3.05) is 31.1 Å². The number of aromatic nitrogens is 4. The zero-order valence-electron chi connectivity index (χ0n) is 16.9. The van der Waals surface area contributed by atoms with E-state index in [-0.39, 0.29) is 6.04 Å². The molecule has 1 aliphatic rings. The molecule has 0 aliphatic carbocycles. The molecule has 1 saturated heterocycles. The molecule has 2 aromatic heterocycles. The Hall–Kier alpha value is -2.67. The number of benzene rings is 1. The van der Waals surface area contributed by atoms with Crippen LogP contribution >= 0.6 is 0 Å². The summed E-state index contributed by atoms with van der Waals surface area (Å²) in [7, 11) is 0. The summed E-state index contributed by atoms with van der Waals surface area (Å²) in [6.45, 7) is 11.2. The maximum atomic E-state index is 5.47. The zero-order chi connectivity index (χ0) is 19.5. The molecule has 1 fully saturated rings. The molecule has 0 saturated carbocycles. The summed E-state index contributed by atoms with van der Waals surface area (Å²) < 4.78 is 7.33. The lowest BCUT2D eigenvalue weighted by Crippen LogP contribution is -2.48. The van der Waals surface area contributed by atoms with Crippen molar-refractivity contribution in [2.24, 2.45) is 0 Å². The Morgan fingerprint density at radius 2 is 1.89 bits per heavy atom. The molecular weight excluding hydrogens is 352 g/mol. The predicted molar refractivity (Wildman–Crippen MR) is 108 cm³/mol. The van der Waals surface area contributed by atoms with Crippen LogP contribution in [0.1, 0.15) is 42.1 Å². The number of piperazine rings is 1. The number of anilines is 1. The van der Waals surface area contributed by atoms with Gasteiger partial charge in [0.25, 0.3) is 0 Å². The lowest BCUT2D eigenvalue weighted by Gasteiger charge is -2.40. The van der Waals surface area contributed by atoms with Crippen LogP contribution < -0.4 is 4.90 Å². The van der Waals surface area contributed by atoms with E-state index in [1.807, 2.05) is 16.8 Å². The summed E-state index contributed by atoms with van der Waals surface area (Å²) in [4.78, 5) is 5.00. The van der Waals surface area contributed by atoms with E-state index in [9.17, 15) is 0 Å². The molecular formula is C21H28N6O.